The van der Waals surface area contributed by atoms with Gasteiger partial charge in [-0.05, 0) is 0 Å². The lowest BCUT2D eigenvalue weighted by molar-refractivity contribution is 0.467. The smallest absolute Gasteiger partial charge is 0.281 e. The van der Waals surface area contributed by atoms with E-state index in [1.165, 1.54) is 0 Å². The third-order valence-corrected chi connectivity index (χ3v) is 10.9. The van der Waals surface area contributed by atoms with E-state index in [1.807, 2.05) is 0 Å². The first-order valence-electron chi connectivity index (χ1n) is 7.75. The lowest BCUT2D eigenvalue weighted by Gasteiger charge is -1.89. The van der Waals surface area contributed by atoms with Gasteiger partial charge in [0.1, 0.15) is 0 Å². The molecule has 0 rings (SSSR count). The van der Waals surface area contributed by atoms with Gasteiger partial charge in [-0.25, -0.2) is 0 Å². The molecular weight excluding hydrogens is 741 g/mol. The third-order valence-electron chi connectivity index (χ3n) is 1.36. The maximum Gasteiger partial charge on any atom is 0.281 e. The van der Waals surface area contributed by atoms with Crippen LogP contribution < -0.4 is 11.5 Å². The highest BCUT2D eigenvalue weighted by atomic mass is 32.3. The SMILES string of the molecule is NCCN.O=S(=O)(O)CS(=O)(=O)O.O=S(=O)(O)CS(=O)(=O)O.O=S(=O)(O)CS(=O)(=O)O.O=S(=O)(O)CS(=O)(=O)O. The molecule has 0 bridgehead atoms. The van der Waals surface area contributed by atoms with Crippen LogP contribution in [0.5, 0.6) is 0 Å². The van der Waals surface area contributed by atoms with Crippen LogP contribution in [0.25, 0.3) is 0 Å². The van der Waals surface area contributed by atoms with Crippen molar-refractivity contribution in [1.82, 2.24) is 0 Å². The number of hydrogen-bond acceptors (Lipinski definition) is 18. The van der Waals surface area contributed by atoms with Crippen LogP contribution >= 0.6 is 0 Å². The molecule has 40 heavy (non-hydrogen) atoms. The summed E-state index contributed by atoms with van der Waals surface area (Å²) in [6.45, 7) is 1.19. The fourth-order valence-corrected chi connectivity index (χ4v) is 6.78. The van der Waals surface area contributed by atoms with Gasteiger partial charge in [-0.15, -0.1) is 0 Å². The van der Waals surface area contributed by atoms with E-state index in [0.717, 1.165) is 0 Å². The molecule has 0 atom stereocenters. The number of rotatable bonds is 9. The lowest BCUT2D eigenvalue weighted by Crippen LogP contribution is -2.13. The third kappa shape index (κ3) is 83.2. The van der Waals surface area contributed by atoms with Crippen molar-refractivity contribution in [2.24, 2.45) is 11.5 Å². The molecule has 0 aromatic rings. The van der Waals surface area contributed by atoms with E-state index in [-0.39, 0.29) is 0 Å². The molecule has 0 radical (unpaired) electrons. The molecule has 250 valence electrons. The van der Waals surface area contributed by atoms with E-state index < -0.39 is 101 Å². The minimum atomic E-state index is -4.62. The van der Waals surface area contributed by atoms with Crippen molar-refractivity contribution in [1.29, 1.82) is 0 Å². The van der Waals surface area contributed by atoms with Gasteiger partial charge < -0.3 is 11.5 Å². The second-order valence-corrected chi connectivity index (χ2v) is 18.8. The van der Waals surface area contributed by atoms with Gasteiger partial charge in [-0.3, -0.25) is 36.4 Å². The molecule has 0 amide bonds. The second-order valence-electron chi connectivity index (χ2n) is 5.70. The molecule has 0 aliphatic rings. The Bertz CT molecular complexity index is 1240. The molecule has 0 unspecified atom stereocenters. The van der Waals surface area contributed by atoms with E-state index in [1.54, 1.807) is 0 Å². The zero-order chi connectivity index (χ0) is 34.2. The van der Waals surface area contributed by atoms with Gasteiger partial charge in [-0.1, -0.05) is 0 Å². The van der Waals surface area contributed by atoms with Crippen molar-refractivity contribution < 1.29 is 104 Å². The van der Waals surface area contributed by atoms with Crippen molar-refractivity contribution in [3.8, 4) is 0 Å². The zero-order valence-corrected chi connectivity index (χ0v) is 25.3. The van der Waals surface area contributed by atoms with Crippen LogP contribution in [0.15, 0.2) is 0 Å². The summed E-state index contributed by atoms with van der Waals surface area (Å²) >= 11 is 0. The molecule has 0 aliphatic heterocycles. The molecule has 0 fully saturated rings. The summed E-state index contributed by atoms with van der Waals surface area (Å²) in [6, 6.07) is 0. The summed E-state index contributed by atoms with van der Waals surface area (Å²) in [6.07, 6.45) is 0. The van der Waals surface area contributed by atoms with E-state index >= 15 is 0 Å². The predicted molar refractivity (Wildman–Crippen MR) is 130 cm³/mol. The van der Waals surface area contributed by atoms with Gasteiger partial charge in [-0.2, -0.15) is 67.3 Å². The molecular formula is C6H24N2O24S8. The molecule has 0 saturated carbocycles. The van der Waals surface area contributed by atoms with Crippen molar-refractivity contribution in [2.75, 3.05) is 33.4 Å². The van der Waals surface area contributed by atoms with Gasteiger partial charge in [0, 0.05) is 13.1 Å². The Morgan fingerprint density at radius 1 is 0.275 bits per heavy atom. The Hall–Kier alpha value is -0.800. The van der Waals surface area contributed by atoms with Crippen LogP contribution in [-0.2, 0) is 80.9 Å². The van der Waals surface area contributed by atoms with Crippen LogP contribution in [0, 0.1) is 0 Å². The topological polar surface area (TPSA) is 487 Å². The van der Waals surface area contributed by atoms with Crippen LogP contribution in [0.4, 0.5) is 0 Å². The van der Waals surface area contributed by atoms with Crippen molar-refractivity contribution in [3.63, 3.8) is 0 Å². The van der Waals surface area contributed by atoms with Crippen LogP contribution in [0.2, 0.25) is 0 Å². The monoisotopic (exact) mass is 764 g/mol. The summed E-state index contributed by atoms with van der Waals surface area (Å²) in [7, 11) is -37.0. The average Bonchev–Trinajstić information content (AvgIpc) is 2.41. The number of hydrogen-bond donors (Lipinski definition) is 10. The van der Waals surface area contributed by atoms with Crippen molar-refractivity contribution >= 4 is 80.9 Å². The van der Waals surface area contributed by atoms with Crippen molar-refractivity contribution in [2.45, 2.75) is 0 Å². The summed E-state index contributed by atoms with van der Waals surface area (Å²) in [5, 5.41) is -6.61. The quantitative estimate of drug-likeness (QED) is 0.0976. The molecule has 0 aromatic heterocycles. The molecule has 0 aromatic carbocycles. The van der Waals surface area contributed by atoms with Crippen LogP contribution in [0.1, 0.15) is 0 Å². The molecule has 34 heteroatoms. The normalized spacial score (nSPS) is 12.9. The Morgan fingerprint density at radius 2 is 0.350 bits per heavy atom. The standard InChI is InChI=1S/C2H8N2.4CH4O6S2/c3-1-2-4;4*2-8(3,4)1-9(5,6)7/h1-4H2;4*1H2,(H,2,3,4)(H,5,6,7). The second kappa shape index (κ2) is 18.7. The first-order chi connectivity index (χ1) is 16.7. The summed E-state index contributed by atoms with van der Waals surface area (Å²) in [5.41, 5.74) is 9.81. The van der Waals surface area contributed by atoms with Gasteiger partial charge in [0.25, 0.3) is 80.9 Å². The fraction of sp³-hybridized carbons (Fsp3) is 1.00. The highest BCUT2D eigenvalue weighted by molar-refractivity contribution is 8.04. The summed E-state index contributed by atoms with van der Waals surface area (Å²) in [4.78, 5) is 0. The van der Waals surface area contributed by atoms with E-state index in [0.29, 0.717) is 13.1 Å². The first kappa shape index (κ1) is 48.9. The largest absolute Gasteiger partial charge is 0.329 e. The van der Waals surface area contributed by atoms with Gasteiger partial charge in [0.2, 0.25) is 20.3 Å². The molecule has 0 aliphatic carbocycles. The summed E-state index contributed by atoms with van der Waals surface area (Å²) in [5.74, 6) is 0. The molecule has 0 spiro atoms. The molecule has 0 heterocycles. The average molecular weight is 765 g/mol. The van der Waals surface area contributed by atoms with Gasteiger partial charge in [0.15, 0.2) is 0 Å². The molecule has 12 N–H and O–H groups in total. The predicted octanol–water partition coefficient (Wildman–Crippen LogP) is -6.22. The maximum atomic E-state index is 9.66. The van der Waals surface area contributed by atoms with Crippen LogP contribution in [-0.4, -0.2) is 137 Å². The molecule has 26 nitrogen and oxygen atoms in total. The minimum Gasteiger partial charge on any atom is -0.329 e. The lowest BCUT2D eigenvalue weighted by atomic mass is 10.7. The summed E-state index contributed by atoms with van der Waals surface area (Å²) < 4.78 is 217. The Kier molecular flexibility index (Phi) is 22.8. The van der Waals surface area contributed by atoms with E-state index in [2.05, 4.69) is 0 Å². The minimum absolute atomic E-state index is 0.597. The maximum absolute atomic E-state index is 9.66. The van der Waals surface area contributed by atoms with E-state index in [4.69, 9.17) is 47.9 Å². The van der Waals surface area contributed by atoms with Gasteiger partial charge >= 0.3 is 0 Å². The van der Waals surface area contributed by atoms with E-state index in [9.17, 15) is 67.3 Å². The first-order valence-corrected chi connectivity index (χ1v) is 20.6. The van der Waals surface area contributed by atoms with Crippen LogP contribution in [0.3, 0.4) is 0 Å². The fourth-order valence-electron chi connectivity index (χ4n) is 0.753. The number of nitrogens with two attached hydrogens (primary N) is 2. The zero-order valence-electron chi connectivity index (χ0n) is 18.8. The molecule has 0 saturated heterocycles. The Labute approximate surface area is 228 Å². The van der Waals surface area contributed by atoms with Crippen molar-refractivity contribution in [3.05, 3.63) is 0 Å². The Balaban J connectivity index is -0.000000130. The highest BCUT2D eigenvalue weighted by Crippen LogP contribution is 1.90. The van der Waals surface area contributed by atoms with Gasteiger partial charge in [0.05, 0.1) is 0 Å². The Morgan fingerprint density at radius 3 is 0.350 bits per heavy atom. The highest BCUT2D eigenvalue weighted by Gasteiger charge is 2.17.